The van der Waals surface area contributed by atoms with Gasteiger partial charge < -0.3 is 9.32 Å². The van der Waals surface area contributed by atoms with Gasteiger partial charge in [0, 0.05) is 53.1 Å². The van der Waals surface area contributed by atoms with Gasteiger partial charge in [0.1, 0.15) is 5.58 Å². The average molecular weight is 663 g/mol. The van der Waals surface area contributed by atoms with Gasteiger partial charge in [-0.25, -0.2) is 0 Å². The number of hydrogen-bond donors (Lipinski definition) is 0. The largest absolute Gasteiger partial charge is 0.439 e. The summed E-state index contributed by atoms with van der Waals surface area (Å²) in [5.41, 5.74) is 7.45. The molecule has 0 spiro atoms. The normalized spacial score (nSPS) is 12.1. The summed E-state index contributed by atoms with van der Waals surface area (Å²) in [6, 6.07) is 56.9. The van der Waals surface area contributed by atoms with Crippen LogP contribution >= 0.6 is 22.7 Å². The molecule has 4 heterocycles. The fourth-order valence-corrected chi connectivity index (χ4v) is 10.1. The van der Waals surface area contributed by atoms with Crippen LogP contribution in [-0.4, -0.2) is 4.57 Å². The zero-order valence-electron chi connectivity index (χ0n) is 26.1. The number of anilines is 3. The first kappa shape index (κ1) is 27.1. The van der Waals surface area contributed by atoms with E-state index >= 15 is 0 Å². The maximum atomic E-state index is 6.55. The number of thiophene rings is 2. The van der Waals surface area contributed by atoms with E-state index in [4.69, 9.17) is 4.42 Å². The molecule has 0 saturated carbocycles. The molecule has 0 aliphatic carbocycles. The standard InChI is InChI=1S/C44H26N2OS2/c1-5-17-35-33(13-1)41-34-14-2-6-20-38(34)47-44(41)46(35)28-25-23-27(24-26-28)45(36-18-9-15-31-29-11-3-7-21-39(29)48-42(31)36)37-19-10-16-32-30-12-4-8-22-40(30)49-43(32)37/h1-26H. The van der Waals surface area contributed by atoms with Gasteiger partial charge in [0.05, 0.1) is 31.7 Å². The average Bonchev–Trinajstić information content (AvgIpc) is 3.91. The lowest BCUT2D eigenvalue weighted by molar-refractivity contribution is 0.645. The smallest absolute Gasteiger partial charge is 0.213 e. The van der Waals surface area contributed by atoms with Crippen LogP contribution < -0.4 is 4.90 Å². The highest BCUT2D eigenvalue weighted by Crippen LogP contribution is 2.49. The number of hydrogen-bond acceptors (Lipinski definition) is 4. The van der Waals surface area contributed by atoms with Gasteiger partial charge >= 0.3 is 0 Å². The van der Waals surface area contributed by atoms with Crippen LogP contribution in [0.3, 0.4) is 0 Å². The fourth-order valence-electron chi connectivity index (χ4n) is 7.67. The van der Waals surface area contributed by atoms with Crippen LogP contribution in [0.1, 0.15) is 0 Å². The van der Waals surface area contributed by atoms with Gasteiger partial charge in [-0.2, -0.15) is 0 Å². The van der Waals surface area contributed by atoms with Crippen molar-refractivity contribution in [1.82, 2.24) is 4.57 Å². The van der Waals surface area contributed by atoms with Crippen LogP contribution in [-0.2, 0) is 0 Å². The van der Waals surface area contributed by atoms with Gasteiger partial charge in [0.2, 0.25) is 5.71 Å². The summed E-state index contributed by atoms with van der Waals surface area (Å²) >= 11 is 3.74. The Bertz CT molecular complexity index is 2950. The van der Waals surface area contributed by atoms with Gasteiger partial charge in [-0.1, -0.05) is 97.1 Å². The molecule has 0 aliphatic rings. The number of furan rings is 1. The van der Waals surface area contributed by atoms with Crippen LogP contribution in [0, 0.1) is 0 Å². The number of fused-ring (bicyclic) bond motifs is 11. The molecule has 0 atom stereocenters. The molecule has 0 N–H and O–H groups in total. The zero-order valence-corrected chi connectivity index (χ0v) is 27.8. The summed E-state index contributed by atoms with van der Waals surface area (Å²) in [4.78, 5) is 2.46. The van der Waals surface area contributed by atoms with E-state index in [2.05, 4.69) is 161 Å². The van der Waals surface area contributed by atoms with Gasteiger partial charge in [-0.05, 0) is 60.7 Å². The van der Waals surface area contributed by atoms with E-state index in [0.717, 1.165) is 39.0 Å². The second kappa shape index (κ2) is 10.3. The van der Waals surface area contributed by atoms with Crippen molar-refractivity contribution >= 4 is 113 Å². The predicted molar refractivity (Wildman–Crippen MR) is 211 cm³/mol. The van der Waals surface area contributed by atoms with Crippen LogP contribution in [0.5, 0.6) is 0 Å². The van der Waals surface area contributed by atoms with E-state index in [1.54, 1.807) is 0 Å². The summed E-state index contributed by atoms with van der Waals surface area (Å²) < 4.78 is 14.0. The first-order chi connectivity index (χ1) is 24.3. The molecular formula is C44H26N2OS2. The van der Waals surface area contributed by atoms with Crippen LogP contribution in [0.15, 0.2) is 162 Å². The quantitative estimate of drug-likeness (QED) is 0.187. The van der Waals surface area contributed by atoms with Crippen molar-refractivity contribution in [1.29, 1.82) is 0 Å². The Labute approximate surface area is 289 Å². The maximum Gasteiger partial charge on any atom is 0.213 e. The lowest BCUT2D eigenvalue weighted by Crippen LogP contribution is -2.10. The number of nitrogens with zero attached hydrogens (tertiary/aromatic N) is 2. The van der Waals surface area contributed by atoms with Crippen LogP contribution in [0.4, 0.5) is 17.1 Å². The first-order valence-electron chi connectivity index (χ1n) is 16.4. The molecule has 49 heavy (non-hydrogen) atoms. The second-order valence-electron chi connectivity index (χ2n) is 12.5. The minimum Gasteiger partial charge on any atom is -0.439 e. The van der Waals surface area contributed by atoms with Crippen molar-refractivity contribution in [2.75, 3.05) is 4.90 Å². The van der Waals surface area contributed by atoms with Crippen molar-refractivity contribution < 1.29 is 4.42 Å². The predicted octanol–water partition coefficient (Wildman–Crippen LogP) is 13.7. The lowest BCUT2D eigenvalue weighted by Gasteiger charge is -2.27. The molecule has 0 radical (unpaired) electrons. The van der Waals surface area contributed by atoms with E-state index < -0.39 is 0 Å². The van der Waals surface area contributed by atoms with E-state index in [-0.39, 0.29) is 0 Å². The molecule has 0 saturated heterocycles. The third-order valence-electron chi connectivity index (χ3n) is 9.81. The molecule has 11 aromatic rings. The van der Waals surface area contributed by atoms with Crippen molar-refractivity contribution in [3.63, 3.8) is 0 Å². The van der Waals surface area contributed by atoms with E-state index in [0.29, 0.717) is 0 Å². The van der Waals surface area contributed by atoms with Crippen molar-refractivity contribution in [3.8, 4) is 5.69 Å². The number of aromatic nitrogens is 1. The second-order valence-corrected chi connectivity index (χ2v) is 14.6. The fraction of sp³-hybridized carbons (Fsp3) is 0. The summed E-state index contributed by atoms with van der Waals surface area (Å²) in [6.07, 6.45) is 0. The Morgan fingerprint density at radius 3 is 1.63 bits per heavy atom. The molecule has 11 rings (SSSR count). The molecule has 0 amide bonds. The minimum atomic E-state index is 0.872. The summed E-state index contributed by atoms with van der Waals surface area (Å²) in [5, 5.41) is 8.67. The minimum absolute atomic E-state index is 0.872. The Kier molecular flexibility index (Phi) is 5.70. The lowest BCUT2D eigenvalue weighted by atomic mass is 10.1. The number of para-hydroxylation sites is 2. The summed E-state index contributed by atoms with van der Waals surface area (Å²) in [5.74, 6) is 0. The highest BCUT2D eigenvalue weighted by atomic mass is 32.1. The van der Waals surface area contributed by atoms with Gasteiger partial charge in [-0.3, -0.25) is 4.57 Å². The highest BCUT2D eigenvalue weighted by molar-refractivity contribution is 7.27. The van der Waals surface area contributed by atoms with E-state index in [1.807, 2.05) is 28.7 Å². The molecular weight excluding hydrogens is 637 g/mol. The molecule has 230 valence electrons. The van der Waals surface area contributed by atoms with Gasteiger partial charge in [0.25, 0.3) is 0 Å². The molecule has 7 aromatic carbocycles. The van der Waals surface area contributed by atoms with Gasteiger partial charge in [0.15, 0.2) is 0 Å². The molecule has 0 bridgehead atoms. The Balaban J connectivity index is 1.16. The zero-order chi connectivity index (χ0) is 32.1. The number of benzene rings is 7. The van der Waals surface area contributed by atoms with Gasteiger partial charge in [-0.15, -0.1) is 22.7 Å². The third-order valence-corrected chi connectivity index (χ3v) is 12.2. The molecule has 5 heteroatoms. The topological polar surface area (TPSA) is 21.3 Å². The SMILES string of the molecule is c1ccc2c(c1)oc1c2c2ccccc2n1-c1ccc(N(c2cccc3c2sc2ccccc23)c2cccc3c2sc2ccccc23)cc1. The maximum absolute atomic E-state index is 6.55. The Morgan fingerprint density at radius 1 is 0.449 bits per heavy atom. The monoisotopic (exact) mass is 662 g/mol. The summed E-state index contributed by atoms with van der Waals surface area (Å²) in [7, 11) is 0. The Morgan fingerprint density at radius 2 is 0.980 bits per heavy atom. The molecule has 0 unspecified atom stereocenters. The highest BCUT2D eigenvalue weighted by Gasteiger charge is 2.23. The van der Waals surface area contributed by atoms with Crippen molar-refractivity contribution in [2.45, 2.75) is 0 Å². The Hall–Kier alpha value is -5.88. The van der Waals surface area contributed by atoms with Crippen LogP contribution in [0.2, 0.25) is 0 Å². The summed E-state index contributed by atoms with van der Waals surface area (Å²) in [6.45, 7) is 0. The van der Waals surface area contributed by atoms with E-state index in [1.165, 1.54) is 57.1 Å². The molecule has 4 aromatic heterocycles. The first-order valence-corrected chi connectivity index (χ1v) is 18.1. The molecule has 3 nitrogen and oxygen atoms in total. The third kappa shape index (κ3) is 3.88. The number of rotatable bonds is 4. The van der Waals surface area contributed by atoms with E-state index in [9.17, 15) is 0 Å². The molecule has 0 aliphatic heterocycles. The van der Waals surface area contributed by atoms with Crippen LogP contribution in [0.25, 0.3) is 79.0 Å². The van der Waals surface area contributed by atoms with Crippen molar-refractivity contribution in [3.05, 3.63) is 158 Å². The van der Waals surface area contributed by atoms with Crippen molar-refractivity contribution in [2.24, 2.45) is 0 Å². The molecule has 0 fully saturated rings.